The van der Waals surface area contributed by atoms with Gasteiger partial charge in [0.15, 0.2) is 0 Å². The number of fused-ring (bicyclic) bond motifs is 3. The third-order valence-electron chi connectivity index (χ3n) is 3.90. The van der Waals surface area contributed by atoms with Gasteiger partial charge in [-0.15, -0.1) is 0 Å². The number of aromatic nitrogens is 1. The van der Waals surface area contributed by atoms with E-state index >= 15 is 0 Å². The summed E-state index contributed by atoms with van der Waals surface area (Å²) in [5.74, 6) is 0.565. The van der Waals surface area contributed by atoms with Crippen LogP contribution < -0.4 is 5.73 Å². The first-order chi connectivity index (χ1) is 9.83. The maximum atomic E-state index is 5.81. The van der Waals surface area contributed by atoms with E-state index in [9.17, 15) is 0 Å². The molecule has 0 aliphatic heterocycles. The second-order valence-corrected chi connectivity index (χ2v) is 5.11. The molecule has 3 aromatic rings. The van der Waals surface area contributed by atoms with Crippen molar-refractivity contribution in [2.24, 2.45) is 0 Å². The smallest absolute Gasteiger partial charge is 0.124 e. The summed E-state index contributed by atoms with van der Waals surface area (Å²) in [5.41, 5.74) is 13.4. The zero-order chi connectivity index (χ0) is 13.5. The van der Waals surface area contributed by atoms with Gasteiger partial charge in [-0.1, -0.05) is 48.5 Å². The van der Waals surface area contributed by atoms with Crippen LogP contribution in [-0.2, 0) is 6.42 Å². The SMILES string of the molecule is Nc1cccc(-c2cccc3c2Cc2ccccc2-3)n1. The van der Waals surface area contributed by atoms with Gasteiger partial charge in [-0.2, -0.15) is 0 Å². The summed E-state index contributed by atoms with van der Waals surface area (Å²) in [6.07, 6.45) is 0.970. The molecule has 0 fully saturated rings. The van der Waals surface area contributed by atoms with E-state index in [1.807, 2.05) is 18.2 Å². The van der Waals surface area contributed by atoms with Gasteiger partial charge < -0.3 is 5.73 Å². The zero-order valence-electron chi connectivity index (χ0n) is 11.0. The van der Waals surface area contributed by atoms with E-state index in [0.29, 0.717) is 5.82 Å². The Bertz CT molecular complexity index is 806. The fraction of sp³-hybridized carbons (Fsp3) is 0.0556. The first kappa shape index (κ1) is 11.2. The van der Waals surface area contributed by atoms with Crippen LogP contribution in [-0.4, -0.2) is 4.98 Å². The molecule has 2 aromatic carbocycles. The minimum Gasteiger partial charge on any atom is -0.384 e. The predicted molar refractivity (Wildman–Crippen MR) is 82.3 cm³/mol. The monoisotopic (exact) mass is 258 g/mol. The second-order valence-electron chi connectivity index (χ2n) is 5.11. The second kappa shape index (κ2) is 4.20. The van der Waals surface area contributed by atoms with Gasteiger partial charge in [0.2, 0.25) is 0 Å². The van der Waals surface area contributed by atoms with Crippen molar-refractivity contribution in [1.82, 2.24) is 4.98 Å². The lowest BCUT2D eigenvalue weighted by Crippen LogP contribution is -1.94. The van der Waals surface area contributed by atoms with Crippen molar-refractivity contribution >= 4 is 5.82 Å². The van der Waals surface area contributed by atoms with Crippen LogP contribution in [0, 0.1) is 0 Å². The number of nitrogens with zero attached hydrogens (tertiary/aromatic N) is 1. The summed E-state index contributed by atoms with van der Waals surface area (Å²) in [4.78, 5) is 4.46. The number of hydrogen-bond donors (Lipinski definition) is 1. The molecule has 1 aliphatic carbocycles. The standard InChI is InChI=1S/C18H14N2/c19-18-10-4-9-17(20-18)15-8-3-7-14-13-6-2-1-5-12(13)11-16(14)15/h1-10H,11H2,(H2,19,20). The van der Waals surface area contributed by atoms with Crippen LogP contribution in [0.15, 0.2) is 60.7 Å². The molecular formula is C18H14N2. The van der Waals surface area contributed by atoms with Gasteiger partial charge in [0.1, 0.15) is 5.82 Å². The number of pyridine rings is 1. The number of nitrogen functional groups attached to an aromatic ring is 1. The van der Waals surface area contributed by atoms with Crippen LogP contribution in [0.1, 0.15) is 11.1 Å². The fourth-order valence-corrected chi connectivity index (χ4v) is 3.00. The molecule has 0 bridgehead atoms. The van der Waals surface area contributed by atoms with Gasteiger partial charge in [-0.3, -0.25) is 0 Å². The number of anilines is 1. The molecule has 1 aliphatic rings. The summed E-state index contributed by atoms with van der Waals surface area (Å²) in [7, 11) is 0. The highest BCUT2D eigenvalue weighted by molar-refractivity contribution is 5.84. The quantitative estimate of drug-likeness (QED) is 0.562. The molecule has 0 saturated carbocycles. The summed E-state index contributed by atoms with van der Waals surface area (Å²) < 4.78 is 0. The van der Waals surface area contributed by atoms with Crippen molar-refractivity contribution in [3.63, 3.8) is 0 Å². The Morgan fingerprint density at radius 3 is 2.40 bits per heavy atom. The van der Waals surface area contributed by atoms with Crippen LogP contribution >= 0.6 is 0 Å². The van der Waals surface area contributed by atoms with Crippen LogP contribution in [0.4, 0.5) is 5.82 Å². The van der Waals surface area contributed by atoms with Crippen molar-refractivity contribution in [2.45, 2.75) is 6.42 Å². The first-order valence-corrected chi connectivity index (χ1v) is 6.76. The molecule has 0 spiro atoms. The molecule has 0 saturated heterocycles. The topological polar surface area (TPSA) is 38.9 Å². The average molecular weight is 258 g/mol. The molecule has 96 valence electrons. The zero-order valence-corrected chi connectivity index (χ0v) is 11.0. The number of nitrogens with two attached hydrogens (primary N) is 1. The van der Waals surface area contributed by atoms with Crippen LogP contribution in [0.2, 0.25) is 0 Å². The molecule has 0 radical (unpaired) electrons. The maximum Gasteiger partial charge on any atom is 0.124 e. The molecule has 0 amide bonds. The average Bonchev–Trinajstić information content (AvgIpc) is 2.86. The largest absolute Gasteiger partial charge is 0.384 e. The van der Waals surface area contributed by atoms with Crippen LogP contribution in [0.25, 0.3) is 22.4 Å². The van der Waals surface area contributed by atoms with E-state index in [1.54, 1.807) is 0 Å². The van der Waals surface area contributed by atoms with Crippen molar-refractivity contribution in [3.8, 4) is 22.4 Å². The Morgan fingerprint density at radius 2 is 1.50 bits per heavy atom. The lowest BCUT2D eigenvalue weighted by molar-refractivity contribution is 1.24. The minimum atomic E-state index is 0.565. The molecule has 1 aromatic heterocycles. The van der Waals surface area contributed by atoms with Gasteiger partial charge in [0.25, 0.3) is 0 Å². The molecule has 2 N–H and O–H groups in total. The summed E-state index contributed by atoms with van der Waals surface area (Å²) in [5, 5.41) is 0. The number of rotatable bonds is 1. The van der Waals surface area contributed by atoms with Gasteiger partial charge in [0.05, 0.1) is 5.69 Å². The molecule has 4 rings (SSSR count). The molecule has 0 unspecified atom stereocenters. The van der Waals surface area contributed by atoms with E-state index < -0.39 is 0 Å². The third-order valence-corrected chi connectivity index (χ3v) is 3.90. The Kier molecular flexibility index (Phi) is 2.36. The van der Waals surface area contributed by atoms with Crippen LogP contribution in [0.3, 0.4) is 0 Å². The fourth-order valence-electron chi connectivity index (χ4n) is 3.00. The Labute approximate surface area is 117 Å². The molecule has 1 heterocycles. The number of benzene rings is 2. The van der Waals surface area contributed by atoms with Crippen LogP contribution in [0.5, 0.6) is 0 Å². The highest BCUT2D eigenvalue weighted by atomic mass is 14.8. The Hall–Kier alpha value is -2.61. The summed E-state index contributed by atoms with van der Waals surface area (Å²) in [6.45, 7) is 0. The van der Waals surface area contributed by atoms with Crippen molar-refractivity contribution in [3.05, 3.63) is 71.8 Å². The lowest BCUT2D eigenvalue weighted by Gasteiger charge is -2.08. The highest BCUT2D eigenvalue weighted by Gasteiger charge is 2.21. The molecule has 2 heteroatoms. The van der Waals surface area contributed by atoms with E-state index in [0.717, 1.165) is 12.1 Å². The van der Waals surface area contributed by atoms with E-state index in [2.05, 4.69) is 47.4 Å². The molecule has 2 nitrogen and oxygen atoms in total. The van der Waals surface area contributed by atoms with E-state index in [1.165, 1.54) is 27.8 Å². The van der Waals surface area contributed by atoms with Crippen molar-refractivity contribution < 1.29 is 0 Å². The van der Waals surface area contributed by atoms with Gasteiger partial charge >= 0.3 is 0 Å². The third kappa shape index (κ3) is 1.62. The van der Waals surface area contributed by atoms with Crippen molar-refractivity contribution in [2.75, 3.05) is 5.73 Å². The van der Waals surface area contributed by atoms with E-state index in [-0.39, 0.29) is 0 Å². The normalized spacial score (nSPS) is 12.0. The predicted octanol–water partition coefficient (Wildman–Crippen LogP) is 3.90. The summed E-state index contributed by atoms with van der Waals surface area (Å²) in [6, 6.07) is 20.8. The first-order valence-electron chi connectivity index (χ1n) is 6.76. The number of hydrogen-bond acceptors (Lipinski definition) is 2. The van der Waals surface area contributed by atoms with Crippen molar-refractivity contribution in [1.29, 1.82) is 0 Å². The minimum absolute atomic E-state index is 0.565. The lowest BCUT2D eigenvalue weighted by atomic mass is 9.99. The van der Waals surface area contributed by atoms with Gasteiger partial charge in [-0.25, -0.2) is 4.98 Å². The molecule has 0 atom stereocenters. The Morgan fingerprint density at radius 1 is 0.750 bits per heavy atom. The molecule has 20 heavy (non-hydrogen) atoms. The van der Waals surface area contributed by atoms with Gasteiger partial charge in [0, 0.05) is 5.56 Å². The molecular weight excluding hydrogens is 244 g/mol. The van der Waals surface area contributed by atoms with E-state index in [4.69, 9.17) is 5.73 Å². The highest BCUT2D eigenvalue weighted by Crippen LogP contribution is 2.40. The summed E-state index contributed by atoms with van der Waals surface area (Å²) >= 11 is 0. The van der Waals surface area contributed by atoms with Gasteiger partial charge in [-0.05, 0) is 40.8 Å². The maximum absolute atomic E-state index is 5.81. The Balaban J connectivity index is 1.94.